The van der Waals surface area contributed by atoms with Gasteiger partial charge in [0.25, 0.3) is 0 Å². The minimum absolute atomic E-state index is 0.443. The van der Waals surface area contributed by atoms with Gasteiger partial charge in [0.15, 0.2) is 0 Å². The monoisotopic (exact) mass is 236 g/mol. The van der Waals surface area contributed by atoms with Crippen LogP contribution in [0.5, 0.6) is 0 Å². The molecule has 1 aromatic rings. The summed E-state index contributed by atoms with van der Waals surface area (Å²) in [5.74, 6) is 1.05. The van der Waals surface area contributed by atoms with Gasteiger partial charge in [0, 0.05) is 19.3 Å². The Labute approximate surface area is 104 Å². The molecule has 0 bridgehead atoms. The highest BCUT2D eigenvalue weighted by atomic mass is 16.3. The summed E-state index contributed by atoms with van der Waals surface area (Å²) in [7, 11) is 0. The molecule has 1 atom stereocenters. The second-order valence-corrected chi connectivity index (χ2v) is 4.57. The molecule has 0 radical (unpaired) electrons. The molecule has 0 spiro atoms. The fourth-order valence-electron chi connectivity index (χ4n) is 2.01. The van der Waals surface area contributed by atoms with E-state index in [4.69, 9.17) is 0 Å². The highest BCUT2D eigenvalue weighted by Crippen LogP contribution is 2.21. The van der Waals surface area contributed by atoms with Crippen LogP contribution in [0.3, 0.4) is 0 Å². The van der Waals surface area contributed by atoms with Crippen LogP contribution >= 0.6 is 0 Å². The Morgan fingerprint density at radius 2 is 1.88 bits per heavy atom. The molecule has 0 aliphatic carbocycles. The lowest BCUT2D eigenvalue weighted by Gasteiger charge is -2.24. The zero-order chi connectivity index (χ0) is 12.8. The van der Waals surface area contributed by atoms with Gasteiger partial charge in [0.05, 0.1) is 6.10 Å². The minimum Gasteiger partial charge on any atom is -0.389 e. The van der Waals surface area contributed by atoms with Crippen LogP contribution in [-0.2, 0) is 0 Å². The van der Waals surface area contributed by atoms with Crippen LogP contribution in [0.2, 0.25) is 0 Å². The first-order valence-electron chi connectivity index (χ1n) is 6.49. The van der Waals surface area contributed by atoms with Gasteiger partial charge in [-0.05, 0) is 43.9 Å². The van der Waals surface area contributed by atoms with Crippen molar-refractivity contribution in [3.05, 3.63) is 23.4 Å². The molecular formula is C14H24N2O. The van der Waals surface area contributed by atoms with E-state index in [0.717, 1.165) is 42.9 Å². The van der Waals surface area contributed by atoms with Crippen molar-refractivity contribution >= 4 is 5.82 Å². The standard InChI is InChI=1S/C14H24N2O/c1-5-7-16(8-6-2)14-11(3)9-13(10-15-14)12(4)17/h9-10,12,17H,5-8H2,1-4H3. The van der Waals surface area contributed by atoms with Gasteiger partial charge in [-0.25, -0.2) is 4.98 Å². The summed E-state index contributed by atoms with van der Waals surface area (Å²) < 4.78 is 0. The normalized spacial score (nSPS) is 12.5. The summed E-state index contributed by atoms with van der Waals surface area (Å²) >= 11 is 0. The number of aliphatic hydroxyl groups excluding tert-OH is 1. The van der Waals surface area contributed by atoms with Gasteiger partial charge in [0.2, 0.25) is 0 Å². The second-order valence-electron chi connectivity index (χ2n) is 4.57. The highest BCUT2D eigenvalue weighted by molar-refractivity contribution is 5.47. The molecule has 0 aliphatic rings. The number of nitrogens with zero attached hydrogens (tertiary/aromatic N) is 2. The van der Waals surface area contributed by atoms with E-state index in [9.17, 15) is 5.11 Å². The Bertz CT molecular complexity index is 344. The van der Waals surface area contributed by atoms with Crippen molar-refractivity contribution in [3.63, 3.8) is 0 Å². The highest BCUT2D eigenvalue weighted by Gasteiger charge is 2.11. The average molecular weight is 236 g/mol. The summed E-state index contributed by atoms with van der Waals surface area (Å²) in [4.78, 5) is 6.82. The van der Waals surface area contributed by atoms with E-state index in [1.54, 1.807) is 13.1 Å². The third-order valence-corrected chi connectivity index (χ3v) is 2.84. The fraction of sp³-hybridized carbons (Fsp3) is 0.643. The first kappa shape index (κ1) is 14.0. The van der Waals surface area contributed by atoms with Crippen LogP contribution in [0, 0.1) is 6.92 Å². The molecule has 0 amide bonds. The lowest BCUT2D eigenvalue weighted by atomic mass is 10.1. The molecule has 1 N–H and O–H groups in total. The van der Waals surface area contributed by atoms with Crippen LogP contribution in [0.1, 0.15) is 50.8 Å². The van der Waals surface area contributed by atoms with Gasteiger partial charge in [-0.15, -0.1) is 0 Å². The van der Waals surface area contributed by atoms with Crippen molar-refractivity contribution in [3.8, 4) is 0 Å². The molecule has 0 aromatic carbocycles. The SMILES string of the molecule is CCCN(CCC)c1ncc(C(C)O)cc1C. The number of pyridine rings is 1. The fourth-order valence-corrected chi connectivity index (χ4v) is 2.01. The number of aryl methyl sites for hydroxylation is 1. The van der Waals surface area contributed by atoms with E-state index in [0.29, 0.717) is 0 Å². The Hall–Kier alpha value is -1.09. The summed E-state index contributed by atoms with van der Waals surface area (Å²) in [5.41, 5.74) is 2.03. The molecule has 1 heterocycles. The number of hydrogen-bond donors (Lipinski definition) is 1. The third-order valence-electron chi connectivity index (χ3n) is 2.84. The first-order valence-corrected chi connectivity index (χ1v) is 6.49. The van der Waals surface area contributed by atoms with Gasteiger partial charge in [-0.2, -0.15) is 0 Å². The molecule has 1 rings (SSSR count). The summed E-state index contributed by atoms with van der Waals surface area (Å²) in [6.45, 7) is 10.3. The van der Waals surface area contributed by atoms with E-state index < -0.39 is 6.10 Å². The molecule has 3 heteroatoms. The molecule has 17 heavy (non-hydrogen) atoms. The van der Waals surface area contributed by atoms with Crippen molar-refractivity contribution in [1.82, 2.24) is 4.98 Å². The van der Waals surface area contributed by atoms with Crippen LogP contribution in [0.4, 0.5) is 5.82 Å². The first-order chi connectivity index (χ1) is 8.10. The number of aliphatic hydroxyl groups is 1. The largest absolute Gasteiger partial charge is 0.389 e. The van der Waals surface area contributed by atoms with E-state index in [1.807, 2.05) is 6.07 Å². The molecule has 0 aliphatic heterocycles. The Morgan fingerprint density at radius 3 is 2.29 bits per heavy atom. The third kappa shape index (κ3) is 3.70. The number of aromatic nitrogens is 1. The summed E-state index contributed by atoms with van der Waals surface area (Å²) in [6.07, 6.45) is 3.59. The molecular weight excluding hydrogens is 212 g/mol. The number of rotatable bonds is 6. The van der Waals surface area contributed by atoms with Gasteiger partial charge in [-0.3, -0.25) is 0 Å². The Morgan fingerprint density at radius 1 is 1.29 bits per heavy atom. The minimum atomic E-state index is -0.443. The maximum absolute atomic E-state index is 9.53. The summed E-state index contributed by atoms with van der Waals surface area (Å²) in [6, 6.07) is 2.03. The maximum atomic E-state index is 9.53. The van der Waals surface area contributed by atoms with Crippen molar-refractivity contribution in [2.75, 3.05) is 18.0 Å². The number of anilines is 1. The molecule has 1 aromatic heterocycles. The van der Waals surface area contributed by atoms with Crippen LogP contribution < -0.4 is 4.90 Å². The lowest BCUT2D eigenvalue weighted by Crippen LogP contribution is -2.26. The molecule has 0 fully saturated rings. The van der Waals surface area contributed by atoms with E-state index in [-0.39, 0.29) is 0 Å². The Balaban J connectivity index is 2.95. The van der Waals surface area contributed by atoms with E-state index >= 15 is 0 Å². The van der Waals surface area contributed by atoms with Crippen molar-refractivity contribution < 1.29 is 5.11 Å². The van der Waals surface area contributed by atoms with Crippen LogP contribution in [0.25, 0.3) is 0 Å². The lowest BCUT2D eigenvalue weighted by molar-refractivity contribution is 0.199. The quantitative estimate of drug-likeness (QED) is 0.824. The summed E-state index contributed by atoms with van der Waals surface area (Å²) in [5, 5.41) is 9.53. The molecule has 96 valence electrons. The van der Waals surface area contributed by atoms with Crippen molar-refractivity contribution in [2.45, 2.75) is 46.6 Å². The second kappa shape index (κ2) is 6.60. The van der Waals surface area contributed by atoms with E-state index in [2.05, 4.69) is 30.7 Å². The van der Waals surface area contributed by atoms with Gasteiger partial charge in [-0.1, -0.05) is 13.8 Å². The molecule has 0 saturated carbocycles. The predicted molar refractivity (Wildman–Crippen MR) is 72.4 cm³/mol. The van der Waals surface area contributed by atoms with Gasteiger partial charge in [0.1, 0.15) is 5.82 Å². The van der Waals surface area contributed by atoms with Gasteiger partial charge < -0.3 is 10.0 Å². The molecule has 1 unspecified atom stereocenters. The van der Waals surface area contributed by atoms with Crippen molar-refractivity contribution in [2.24, 2.45) is 0 Å². The topological polar surface area (TPSA) is 36.4 Å². The van der Waals surface area contributed by atoms with E-state index in [1.165, 1.54) is 0 Å². The smallest absolute Gasteiger partial charge is 0.131 e. The number of hydrogen-bond acceptors (Lipinski definition) is 3. The van der Waals surface area contributed by atoms with Gasteiger partial charge >= 0.3 is 0 Å². The van der Waals surface area contributed by atoms with Crippen LogP contribution in [-0.4, -0.2) is 23.2 Å². The van der Waals surface area contributed by atoms with Crippen molar-refractivity contribution in [1.29, 1.82) is 0 Å². The van der Waals surface area contributed by atoms with Crippen LogP contribution in [0.15, 0.2) is 12.3 Å². The maximum Gasteiger partial charge on any atom is 0.131 e. The molecule has 3 nitrogen and oxygen atoms in total. The zero-order valence-electron chi connectivity index (χ0n) is 11.4. The zero-order valence-corrected chi connectivity index (χ0v) is 11.4. The Kier molecular flexibility index (Phi) is 5.42. The predicted octanol–water partition coefficient (Wildman–Crippen LogP) is 3.07. The average Bonchev–Trinajstić information content (AvgIpc) is 2.28. The molecule has 0 saturated heterocycles.